The number of nitriles is 1. The van der Waals surface area contributed by atoms with Crippen LogP contribution in [0.4, 0.5) is 4.39 Å². The van der Waals surface area contributed by atoms with Gasteiger partial charge in [0, 0.05) is 17.7 Å². The van der Waals surface area contributed by atoms with E-state index in [-0.39, 0.29) is 30.1 Å². The first-order valence-electron chi connectivity index (χ1n) is 12.8. The highest BCUT2D eigenvalue weighted by atomic mass is 19.1. The zero-order valence-electron chi connectivity index (χ0n) is 22.6. The number of imide groups is 1. The van der Waals surface area contributed by atoms with Gasteiger partial charge in [0.25, 0.3) is 11.8 Å². The van der Waals surface area contributed by atoms with Crippen molar-refractivity contribution in [1.82, 2.24) is 4.90 Å². The molecule has 0 fully saturated rings. The zero-order valence-corrected chi connectivity index (χ0v) is 22.6. The van der Waals surface area contributed by atoms with E-state index in [0.29, 0.717) is 47.0 Å². The molecule has 0 N–H and O–H groups in total. The smallest absolute Gasteiger partial charge is 0.271 e. The molecule has 7 nitrogen and oxygen atoms in total. The number of amides is 2. The van der Waals surface area contributed by atoms with Gasteiger partial charge in [-0.25, -0.2) is 4.39 Å². The lowest BCUT2D eigenvalue weighted by Gasteiger charge is -2.27. The zero-order chi connectivity index (χ0) is 28.6. The van der Waals surface area contributed by atoms with E-state index in [4.69, 9.17) is 14.2 Å². The summed E-state index contributed by atoms with van der Waals surface area (Å²) in [6.07, 6.45) is 2.06. The molecule has 0 bridgehead atoms. The molecular formula is C32H29FN2O5. The minimum atomic E-state index is -0.609. The maximum Gasteiger partial charge on any atom is 0.271 e. The lowest BCUT2D eigenvalue weighted by molar-refractivity contribution is -0.140. The van der Waals surface area contributed by atoms with Gasteiger partial charge in [0.05, 0.1) is 13.7 Å². The minimum Gasteiger partial charge on any atom is -0.497 e. The molecule has 3 aromatic carbocycles. The molecule has 0 aliphatic carbocycles. The summed E-state index contributed by atoms with van der Waals surface area (Å²) in [5.41, 5.74) is 2.43. The number of ether oxygens (including phenoxy) is 3. The Hall–Kier alpha value is -4.90. The topological polar surface area (TPSA) is 88.9 Å². The second-order valence-corrected chi connectivity index (χ2v) is 9.05. The van der Waals surface area contributed by atoms with Crippen LogP contribution in [-0.2, 0) is 22.6 Å². The first-order chi connectivity index (χ1) is 19.4. The number of rotatable bonds is 10. The van der Waals surface area contributed by atoms with Crippen LogP contribution < -0.4 is 14.2 Å². The Bertz CT molecular complexity index is 1520. The molecule has 0 radical (unpaired) electrons. The summed E-state index contributed by atoms with van der Waals surface area (Å²) in [7, 11) is 1.58. The molecule has 0 unspecified atom stereocenters. The van der Waals surface area contributed by atoms with Crippen molar-refractivity contribution < 1.29 is 28.2 Å². The second kappa shape index (κ2) is 12.8. The Kier molecular flexibility index (Phi) is 8.97. The number of hydrogen-bond acceptors (Lipinski definition) is 6. The lowest BCUT2D eigenvalue weighted by Crippen LogP contribution is -2.43. The predicted molar refractivity (Wildman–Crippen MR) is 148 cm³/mol. The van der Waals surface area contributed by atoms with E-state index in [1.165, 1.54) is 6.07 Å². The average molecular weight is 541 g/mol. The molecule has 0 saturated carbocycles. The van der Waals surface area contributed by atoms with Crippen molar-refractivity contribution in [3.8, 4) is 23.3 Å². The van der Waals surface area contributed by atoms with Crippen molar-refractivity contribution in [2.45, 2.75) is 26.9 Å². The van der Waals surface area contributed by atoms with Crippen LogP contribution in [0.1, 0.15) is 30.5 Å². The van der Waals surface area contributed by atoms with Crippen molar-refractivity contribution in [3.63, 3.8) is 0 Å². The molecule has 40 heavy (non-hydrogen) atoms. The number of carbonyl (C=O) groups is 2. The third kappa shape index (κ3) is 6.21. The molecule has 0 atom stereocenters. The van der Waals surface area contributed by atoms with Gasteiger partial charge in [-0.3, -0.25) is 14.5 Å². The van der Waals surface area contributed by atoms with Crippen LogP contribution in [0.2, 0.25) is 0 Å². The van der Waals surface area contributed by atoms with Crippen molar-refractivity contribution in [1.29, 1.82) is 5.26 Å². The number of nitrogens with zero attached hydrogens (tertiary/aromatic N) is 2. The molecule has 1 heterocycles. The fraction of sp³-hybridized carbons (Fsp3) is 0.219. The fourth-order valence-corrected chi connectivity index (χ4v) is 4.31. The molecule has 0 saturated heterocycles. The summed E-state index contributed by atoms with van der Waals surface area (Å²) in [6.45, 7) is 3.92. The minimum absolute atomic E-state index is 0.0182. The van der Waals surface area contributed by atoms with Gasteiger partial charge in [-0.1, -0.05) is 36.4 Å². The van der Waals surface area contributed by atoms with E-state index in [2.05, 4.69) is 0 Å². The van der Waals surface area contributed by atoms with Gasteiger partial charge >= 0.3 is 0 Å². The summed E-state index contributed by atoms with van der Waals surface area (Å²) in [5, 5.41) is 9.71. The third-order valence-corrected chi connectivity index (χ3v) is 6.53. The van der Waals surface area contributed by atoms with Gasteiger partial charge in [0.15, 0.2) is 11.5 Å². The largest absolute Gasteiger partial charge is 0.497 e. The number of methoxy groups -OCH3 is 1. The van der Waals surface area contributed by atoms with Crippen molar-refractivity contribution >= 4 is 17.9 Å². The van der Waals surface area contributed by atoms with E-state index in [0.717, 1.165) is 10.5 Å². The molecule has 4 rings (SSSR count). The number of halogens is 1. The monoisotopic (exact) mass is 540 g/mol. The van der Waals surface area contributed by atoms with Crippen LogP contribution in [0.3, 0.4) is 0 Å². The number of hydrogen-bond donors (Lipinski definition) is 0. The Morgan fingerprint density at radius 3 is 2.40 bits per heavy atom. The first kappa shape index (κ1) is 28.1. The Morgan fingerprint density at radius 1 is 0.975 bits per heavy atom. The van der Waals surface area contributed by atoms with E-state index in [9.17, 15) is 19.2 Å². The Balaban J connectivity index is 1.60. The van der Waals surface area contributed by atoms with Crippen LogP contribution >= 0.6 is 0 Å². The highest BCUT2D eigenvalue weighted by molar-refractivity contribution is 6.19. The van der Waals surface area contributed by atoms with Gasteiger partial charge in [-0.05, 0) is 73.4 Å². The lowest BCUT2D eigenvalue weighted by atomic mass is 9.93. The van der Waals surface area contributed by atoms with Crippen molar-refractivity contribution in [3.05, 3.63) is 106 Å². The van der Waals surface area contributed by atoms with E-state index in [1.54, 1.807) is 56.5 Å². The SMILES string of the molecule is CCOc1cc(/C=C2/C(=O)N(CCc3ccc(OC)cc3)C(=O)C(C#N)=C2C)ccc1OCc1ccccc1F. The average Bonchev–Trinajstić information content (AvgIpc) is 2.96. The van der Waals surface area contributed by atoms with Crippen LogP contribution in [0.25, 0.3) is 6.08 Å². The summed E-state index contributed by atoms with van der Waals surface area (Å²) in [4.78, 5) is 27.6. The first-order valence-corrected chi connectivity index (χ1v) is 12.8. The molecule has 1 aliphatic heterocycles. The molecule has 204 valence electrons. The summed E-state index contributed by atoms with van der Waals surface area (Å²) >= 11 is 0. The highest BCUT2D eigenvalue weighted by Crippen LogP contribution is 2.33. The van der Waals surface area contributed by atoms with Crippen molar-refractivity contribution in [2.75, 3.05) is 20.3 Å². The van der Waals surface area contributed by atoms with Crippen molar-refractivity contribution in [2.24, 2.45) is 0 Å². The van der Waals surface area contributed by atoms with E-state index >= 15 is 0 Å². The molecule has 0 aromatic heterocycles. The van der Waals surface area contributed by atoms with Crippen LogP contribution in [0.15, 0.2) is 83.4 Å². The fourth-order valence-electron chi connectivity index (χ4n) is 4.31. The Morgan fingerprint density at radius 2 is 1.73 bits per heavy atom. The normalized spacial score (nSPS) is 14.4. The molecule has 1 aliphatic rings. The van der Waals surface area contributed by atoms with E-state index in [1.807, 2.05) is 37.3 Å². The summed E-state index contributed by atoms with van der Waals surface area (Å²) < 4.78 is 30.8. The number of benzene rings is 3. The highest BCUT2D eigenvalue weighted by Gasteiger charge is 2.35. The molecule has 2 amide bonds. The van der Waals surface area contributed by atoms with Crippen LogP contribution in [0.5, 0.6) is 17.2 Å². The maximum absolute atomic E-state index is 14.0. The second-order valence-electron chi connectivity index (χ2n) is 9.05. The van der Waals surface area contributed by atoms with Gasteiger partial charge in [-0.2, -0.15) is 5.26 Å². The molecular weight excluding hydrogens is 511 g/mol. The third-order valence-electron chi connectivity index (χ3n) is 6.53. The van der Waals surface area contributed by atoms with Gasteiger partial charge < -0.3 is 14.2 Å². The standard InChI is InChI=1S/C32H29FN2O5/c1-4-39-30-18-23(11-14-29(30)40-20-24-7-5-6-8-28(24)33)17-26-21(2)27(19-34)32(37)35(31(26)36)16-15-22-9-12-25(38-3)13-10-22/h5-14,17-18H,4,15-16,20H2,1-3H3/b26-17+. The van der Waals surface area contributed by atoms with Gasteiger partial charge in [-0.15, -0.1) is 0 Å². The molecule has 3 aromatic rings. The predicted octanol–water partition coefficient (Wildman–Crippen LogP) is 5.65. The van der Waals surface area contributed by atoms with Crippen LogP contribution in [-0.4, -0.2) is 37.0 Å². The summed E-state index contributed by atoms with van der Waals surface area (Å²) in [6, 6.07) is 20.8. The Labute approximate surface area is 232 Å². The molecule has 0 spiro atoms. The maximum atomic E-state index is 14.0. The van der Waals surface area contributed by atoms with Crippen LogP contribution in [0, 0.1) is 17.1 Å². The molecule has 8 heteroatoms. The summed E-state index contributed by atoms with van der Waals surface area (Å²) in [5.74, 6) is 0.101. The number of carbonyl (C=O) groups excluding carboxylic acids is 2. The quantitative estimate of drug-likeness (QED) is 0.244. The van der Waals surface area contributed by atoms with E-state index < -0.39 is 11.8 Å². The van der Waals surface area contributed by atoms with Gasteiger partial charge in [0.2, 0.25) is 0 Å². The van der Waals surface area contributed by atoms with Gasteiger partial charge in [0.1, 0.15) is 29.8 Å².